The number of nitrogens with zero attached hydrogens (tertiary/aromatic N) is 1. The molecule has 0 saturated carbocycles. The van der Waals surface area contributed by atoms with Crippen molar-refractivity contribution in [3.05, 3.63) is 69.9 Å². The van der Waals surface area contributed by atoms with Crippen LogP contribution in [-0.4, -0.2) is 10.2 Å². The Morgan fingerprint density at radius 2 is 1.74 bits per heavy atom. The first kappa shape index (κ1) is 16.1. The molecule has 134 valence electrons. The van der Waals surface area contributed by atoms with E-state index in [0.717, 1.165) is 49.5 Å². The third-order valence-corrected chi connectivity index (χ3v) is 5.56. The number of pyridine rings is 1. The fourth-order valence-corrected chi connectivity index (χ4v) is 4.21. The summed E-state index contributed by atoms with van der Waals surface area (Å²) in [6.45, 7) is 6.07. The summed E-state index contributed by atoms with van der Waals surface area (Å²) in [5, 5.41) is 3.75. The molecule has 3 aromatic carbocycles. The smallest absolute Gasteiger partial charge is 0.197 e. The number of hydrogen-bond donors (Lipinski definition) is 0. The van der Waals surface area contributed by atoms with Gasteiger partial charge in [0.05, 0.1) is 16.4 Å². The van der Waals surface area contributed by atoms with Crippen molar-refractivity contribution < 1.29 is 4.74 Å². The molecule has 27 heavy (non-hydrogen) atoms. The Morgan fingerprint density at radius 3 is 2.48 bits per heavy atom. The van der Waals surface area contributed by atoms with E-state index >= 15 is 0 Å². The fraction of sp³-hybridized carbons (Fsp3) is 0.208. The second kappa shape index (κ2) is 5.23. The topological polar surface area (TPSA) is 31.2 Å². The van der Waals surface area contributed by atoms with E-state index in [9.17, 15) is 4.79 Å². The SMILES string of the molecule is Cc1cc2c(c3c1c(=O)c1cc4ccccc4cc1n3C)C=CC(C)(C)O2. The highest BCUT2D eigenvalue weighted by Gasteiger charge is 2.25. The molecule has 1 aromatic heterocycles. The van der Waals surface area contributed by atoms with Gasteiger partial charge in [0, 0.05) is 18.0 Å². The predicted molar refractivity (Wildman–Crippen MR) is 113 cm³/mol. The lowest BCUT2D eigenvalue weighted by atomic mass is 9.95. The second-order valence-corrected chi connectivity index (χ2v) is 7.97. The molecule has 3 heteroatoms. The summed E-state index contributed by atoms with van der Waals surface area (Å²) in [6, 6.07) is 14.3. The van der Waals surface area contributed by atoms with E-state index in [1.807, 2.05) is 52.1 Å². The van der Waals surface area contributed by atoms with Crippen LogP contribution in [0, 0.1) is 6.92 Å². The van der Waals surface area contributed by atoms with E-state index < -0.39 is 0 Å². The van der Waals surface area contributed by atoms with Crippen molar-refractivity contribution >= 4 is 38.7 Å². The molecule has 1 aliphatic heterocycles. The summed E-state index contributed by atoms with van der Waals surface area (Å²) in [4.78, 5) is 13.4. The lowest BCUT2D eigenvalue weighted by molar-refractivity contribution is 0.159. The number of aryl methyl sites for hydroxylation is 2. The van der Waals surface area contributed by atoms with Gasteiger partial charge in [0.2, 0.25) is 0 Å². The summed E-state index contributed by atoms with van der Waals surface area (Å²) in [7, 11) is 2.03. The Morgan fingerprint density at radius 1 is 1.04 bits per heavy atom. The minimum atomic E-state index is -0.348. The van der Waals surface area contributed by atoms with Crippen LogP contribution in [0.5, 0.6) is 5.75 Å². The average molecular weight is 355 g/mol. The number of ether oxygens (including phenoxy) is 1. The molecule has 0 fully saturated rings. The number of fused-ring (bicyclic) bond motifs is 5. The minimum Gasteiger partial charge on any atom is -0.483 e. The van der Waals surface area contributed by atoms with Gasteiger partial charge in [-0.1, -0.05) is 24.3 Å². The quantitative estimate of drug-likeness (QED) is 0.399. The van der Waals surface area contributed by atoms with E-state index in [1.54, 1.807) is 0 Å². The Labute approximate surface area is 157 Å². The molecule has 0 radical (unpaired) electrons. The van der Waals surface area contributed by atoms with Crippen molar-refractivity contribution in [3.63, 3.8) is 0 Å². The van der Waals surface area contributed by atoms with Crippen molar-refractivity contribution in [2.24, 2.45) is 7.05 Å². The Kier molecular flexibility index (Phi) is 3.12. The monoisotopic (exact) mass is 355 g/mol. The van der Waals surface area contributed by atoms with Crippen LogP contribution in [0.3, 0.4) is 0 Å². The van der Waals surface area contributed by atoms with E-state index in [1.165, 1.54) is 0 Å². The molecule has 0 saturated heterocycles. The molecule has 0 bridgehead atoms. The van der Waals surface area contributed by atoms with Crippen LogP contribution >= 0.6 is 0 Å². The molecular formula is C24H21NO2. The lowest BCUT2D eigenvalue weighted by Gasteiger charge is -2.29. The van der Waals surface area contributed by atoms with Gasteiger partial charge in [-0.2, -0.15) is 0 Å². The molecule has 0 N–H and O–H groups in total. The Hall–Kier alpha value is -3.07. The molecule has 1 aliphatic rings. The summed E-state index contributed by atoms with van der Waals surface area (Å²) in [5.74, 6) is 0.836. The number of benzene rings is 3. The number of rotatable bonds is 0. The summed E-state index contributed by atoms with van der Waals surface area (Å²) < 4.78 is 8.32. The van der Waals surface area contributed by atoms with Crippen LogP contribution in [0.4, 0.5) is 0 Å². The maximum Gasteiger partial charge on any atom is 0.197 e. The molecule has 2 heterocycles. The third kappa shape index (κ3) is 2.24. The van der Waals surface area contributed by atoms with Gasteiger partial charge in [-0.25, -0.2) is 0 Å². The van der Waals surface area contributed by atoms with Gasteiger partial charge in [0.15, 0.2) is 5.43 Å². The van der Waals surface area contributed by atoms with E-state index in [-0.39, 0.29) is 11.0 Å². The van der Waals surface area contributed by atoms with Gasteiger partial charge in [-0.05, 0) is 67.5 Å². The van der Waals surface area contributed by atoms with Crippen LogP contribution < -0.4 is 10.2 Å². The maximum absolute atomic E-state index is 13.4. The normalized spacial score (nSPS) is 15.3. The molecule has 0 spiro atoms. The van der Waals surface area contributed by atoms with Gasteiger partial charge in [0.25, 0.3) is 0 Å². The fourth-order valence-electron chi connectivity index (χ4n) is 4.21. The van der Waals surface area contributed by atoms with Crippen LogP contribution in [0.25, 0.3) is 38.7 Å². The van der Waals surface area contributed by atoms with Gasteiger partial charge in [-0.15, -0.1) is 0 Å². The Balaban J connectivity index is 2.01. The maximum atomic E-state index is 13.4. The molecule has 0 aliphatic carbocycles. The molecule has 5 rings (SSSR count). The largest absolute Gasteiger partial charge is 0.483 e. The number of aromatic nitrogens is 1. The molecule has 0 atom stereocenters. The van der Waals surface area contributed by atoms with E-state index in [0.29, 0.717) is 0 Å². The summed E-state index contributed by atoms with van der Waals surface area (Å²) in [6.07, 6.45) is 4.14. The average Bonchev–Trinajstić information content (AvgIpc) is 2.63. The predicted octanol–water partition coefficient (Wildman–Crippen LogP) is 5.34. The van der Waals surface area contributed by atoms with Crippen molar-refractivity contribution in [1.82, 2.24) is 4.57 Å². The molecule has 0 unspecified atom stereocenters. The minimum absolute atomic E-state index is 0.0855. The zero-order valence-corrected chi connectivity index (χ0v) is 16.0. The lowest BCUT2D eigenvalue weighted by Crippen LogP contribution is -2.28. The summed E-state index contributed by atoms with van der Waals surface area (Å²) >= 11 is 0. The molecular weight excluding hydrogens is 334 g/mol. The highest BCUT2D eigenvalue weighted by molar-refractivity contribution is 6.04. The van der Waals surface area contributed by atoms with E-state index in [4.69, 9.17) is 4.74 Å². The first-order valence-electron chi connectivity index (χ1n) is 9.23. The Bertz CT molecular complexity index is 1360. The first-order valence-corrected chi connectivity index (χ1v) is 9.23. The van der Waals surface area contributed by atoms with Gasteiger partial charge in [-0.3, -0.25) is 4.79 Å². The standard InChI is InChI=1S/C24H21NO2/c1-14-11-20-17(9-10-24(2,3)27-20)22-21(14)23(26)18-12-15-7-5-6-8-16(15)13-19(18)25(22)4/h5-13H,1-4H3. The van der Waals surface area contributed by atoms with Crippen LogP contribution in [0.15, 0.2) is 53.3 Å². The van der Waals surface area contributed by atoms with Crippen molar-refractivity contribution in [3.8, 4) is 5.75 Å². The van der Waals surface area contributed by atoms with Crippen molar-refractivity contribution in [2.45, 2.75) is 26.4 Å². The van der Waals surface area contributed by atoms with Gasteiger partial charge >= 0.3 is 0 Å². The molecule has 0 amide bonds. The van der Waals surface area contributed by atoms with E-state index in [2.05, 4.69) is 34.9 Å². The second-order valence-electron chi connectivity index (χ2n) is 7.97. The third-order valence-electron chi connectivity index (χ3n) is 5.56. The zero-order valence-electron chi connectivity index (χ0n) is 16.0. The molecule has 4 aromatic rings. The van der Waals surface area contributed by atoms with Crippen LogP contribution in [0.2, 0.25) is 0 Å². The molecule has 3 nitrogen and oxygen atoms in total. The van der Waals surface area contributed by atoms with Crippen molar-refractivity contribution in [2.75, 3.05) is 0 Å². The first-order chi connectivity index (χ1) is 12.9. The summed E-state index contributed by atoms with van der Waals surface area (Å²) in [5.41, 5.74) is 3.54. The van der Waals surface area contributed by atoms with Crippen LogP contribution in [-0.2, 0) is 7.05 Å². The number of hydrogen-bond acceptors (Lipinski definition) is 2. The van der Waals surface area contributed by atoms with Gasteiger partial charge in [0.1, 0.15) is 11.4 Å². The highest BCUT2D eigenvalue weighted by atomic mass is 16.5. The highest BCUT2D eigenvalue weighted by Crippen LogP contribution is 2.38. The zero-order chi connectivity index (χ0) is 18.9. The van der Waals surface area contributed by atoms with Gasteiger partial charge < -0.3 is 9.30 Å². The van der Waals surface area contributed by atoms with Crippen molar-refractivity contribution in [1.29, 1.82) is 0 Å². The van der Waals surface area contributed by atoms with Crippen LogP contribution in [0.1, 0.15) is 25.0 Å².